The van der Waals surface area contributed by atoms with E-state index in [-0.39, 0.29) is 0 Å². The molecule has 0 saturated carbocycles. The minimum Gasteiger partial charge on any atom is -0.330 e. The first-order chi connectivity index (χ1) is 7.79. The average molecular weight is 213 g/mol. The minimum atomic E-state index is 0.342. The average Bonchev–Trinajstić information content (AvgIpc) is 2.29. The van der Waals surface area contributed by atoms with Crippen molar-refractivity contribution in [3.8, 4) is 11.8 Å². The molecule has 1 aliphatic rings. The van der Waals surface area contributed by atoms with Crippen molar-refractivity contribution in [3.63, 3.8) is 0 Å². The van der Waals surface area contributed by atoms with E-state index in [1.165, 1.54) is 11.1 Å². The van der Waals surface area contributed by atoms with Crippen molar-refractivity contribution in [1.82, 2.24) is 0 Å². The Balaban J connectivity index is 2.20. The summed E-state index contributed by atoms with van der Waals surface area (Å²) in [4.78, 5) is 11.3. The zero-order chi connectivity index (χ0) is 11.4. The van der Waals surface area contributed by atoms with Gasteiger partial charge in [-0.05, 0) is 29.7 Å². The van der Waals surface area contributed by atoms with Crippen LogP contribution >= 0.6 is 0 Å². The summed E-state index contributed by atoms with van der Waals surface area (Å²) in [6.07, 6.45) is 2.86. The molecule has 2 heteroatoms. The van der Waals surface area contributed by atoms with E-state index in [0.717, 1.165) is 18.4 Å². The SMILES string of the molecule is NCCC#Cc1ccc2c(c1)CCC(=O)C2. The van der Waals surface area contributed by atoms with Crippen LogP contribution in [0.4, 0.5) is 0 Å². The highest BCUT2D eigenvalue weighted by Crippen LogP contribution is 2.20. The molecular formula is C14H15NO. The van der Waals surface area contributed by atoms with Crippen molar-refractivity contribution < 1.29 is 4.79 Å². The Morgan fingerprint density at radius 1 is 1.25 bits per heavy atom. The maximum absolute atomic E-state index is 11.3. The Morgan fingerprint density at radius 3 is 2.94 bits per heavy atom. The summed E-state index contributed by atoms with van der Waals surface area (Å²) in [5, 5.41) is 0. The van der Waals surface area contributed by atoms with Gasteiger partial charge in [-0.2, -0.15) is 0 Å². The second kappa shape index (κ2) is 4.96. The summed E-state index contributed by atoms with van der Waals surface area (Å²) >= 11 is 0. The van der Waals surface area contributed by atoms with Gasteiger partial charge in [0, 0.05) is 31.4 Å². The van der Waals surface area contributed by atoms with E-state index in [0.29, 0.717) is 25.2 Å². The Kier molecular flexibility index (Phi) is 3.38. The molecule has 2 rings (SSSR count). The van der Waals surface area contributed by atoms with Crippen molar-refractivity contribution in [2.75, 3.05) is 6.54 Å². The van der Waals surface area contributed by atoms with Crippen molar-refractivity contribution in [1.29, 1.82) is 0 Å². The predicted molar refractivity (Wildman–Crippen MR) is 64.0 cm³/mol. The number of hydrogen-bond acceptors (Lipinski definition) is 2. The van der Waals surface area contributed by atoms with Gasteiger partial charge in [0.2, 0.25) is 0 Å². The minimum absolute atomic E-state index is 0.342. The van der Waals surface area contributed by atoms with Gasteiger partial charge in [0.25, 0.3) is 0 Å². The molecule has 0 amide bonds. The number of ketones is 1. The Hall–Kier alpha value is -1.59. The van der Waals surface area contributed by atoms with Gasteiger partial charge in [-0.3, -0.25) is 4.79 Å². The Morgan fingerprint density at radius 2 is 2.12 bits per heavy atom. The molecule has 16 heavy (non-hydrogen) atoms. The second-order valence-electron chi connectivity index (χ2n) is 4.04. The number of nitrogens with two attached hydrogens (primary N) is 1. The smallest absolute Gasteiger partial charge is 0.137 e. The van der Waals surface area contributed by atoms with E-state index in [1.54, 1.807) is 0 Å². The lowest BCUT2D eigenvalue weighted by Crippen LogP contribution is -2.13. The fourth-order valence-corrected chi connectivity index (χ4v) is 1.92. The number of rotatable bonds is 1. The summed E-state index contributed by atoms with van der Waals surface area (Å²) in [6.45, 7) is 0.604. The molecule has 1 aromatic rings. The fraction of sp³-hybridized carbons (Fsp3) is 0.357. The van der Waals surface area contributed by atoms with Crippen molar-refractivity contribution in [2.24, 2.45) is 5.73 Å². The van der Waals surface area contributed by atoms with Crippen LogP contribution in [-0.4, -0.2) is 12.3 Å². The largest absolute Gasteiger partial charge is 0.330 e. The van der Waals surface area contributed by atoms with Crippen LogP contribution in [0.15, 0.2) is 18.2 Å². The van der Waals surface area contributed by atoms with E-state index in [2.05, 4.69) is 17.9 Å². The molecule has 0 unspecified atom stereocenters. The topological polar surface area (TPSA) is 43.1 Å². The van der Waals surface area contributed by atoms with Gasteiger partial charge in [-0.25, -0.2) is 0 Å². The third-order valence-electron chi connectivity index (χ3n) is 2.77. The highest BCUT2D eigenvalue weighted by Gasteiger charge is 2.14. The van der Waals surface area contributed by atoms with Crippen molar-refractivity contribution in [3.05, 3.63) is 34.9 Å². The first kappa shape index (κ1) is 10.9. The number of Topliss-reactive ketones (excluding diaryl/α,β-unsaturated/α-hetero) is 1. The van der Waals surface area contributed by atoms with Crippen LogP contribution in [-0.2, 0) is 17.6 Å². The fourth-order valence-electron chi connectivity index (χ4n) is 1.92. The lowest BCUT2D eigenvalue weighted by Gasteiger charge is -2.14. The van der Waals surface area contributed by atoms with E-state index in [4.69, 9.17) is 5.73 Å². The highest BCUT2D eigenvalue weighted by atomic mass is 16.1. The summed E-state index contributed by atoms with van der Waals surface area (Å²) in [5.74, 6) is 6.46. The van der Waals surface area contributed by atoms with E-state index >= 15 is 0 Å². The number of hydrogen-bond donors (Lipinski definition) is 1. The monoisotopic (exact) mass is 213 g/mol. The first-order valence-electron chi connectivity index (χ1n) is 5.62. The van der Waals surface area contributed by atoms with E-state index in [9.17, 15) is 4.79 Å². The second-order valence-corrected chi connectivity index (χ2v) is 4.04. The molecular weight excluding hydrogens is 198 g/mol. The number of carbonyl (C=O) groups is 1. The van der Waals surface area contributed by atoms with Crippen LogP contribution in [0.1, 0.15) is 29.5 Å². The van der Waals surface area contributed by atoms with Crippen molar-refractivity contribution >= 4 is 5.78 Å². The maximum atomic E-state index is 11.3. The molecule has 2 nitrogen and oxygen atoms in total. The summed E-state index contributed by atoms with van der Waals surface area (Å²) in [7, 11) is 0. The number of fused-ring (bicyclic) bond motifs is 1. The van der Waals surface area contributed by atoms with Crippen LogP contribution < -0.4 is 5.73 Å². The van der Waals surface area contributed by atoms with E-state index in [1.807, 2.05) is 12.1 Å². The Bertz CT molecular complexity index is 465. The van der Waals surface area contributed by atoms with Gasteiger partial charge in [0.1, 0.15) is 5.78 Å². The molecule has 0 aliphatic heterocycles. The third-order valence-corrected chi connectivity index (χ3v) is 2.77. The molecule has 0 heterocycles. The molecule has 0 radical (unpaired) electrons. The highest BCUT2D eigenvalue weighted by molar-refractivity contribution is 5.83. The lowest BCUT2D eigenvalue weighted by molar-refractivity contribution is -0.118. The van der Waals surface area contributed by atoms with Crippen LogP contribution in [0, 0.1) is 11.8 Å². The maximum Gasteiger partial charge on any atom is 0.137 e. The molecule has 0 saturated heterocycles. The quantitative estimate of drug-likeness (QED) is 0.717. The number of carbonyl (C=O) groups excluding carboxylic acids is 1. The van der Waals surface area contributed by atoms with Crippen molar-refractivity contribution in [2.45, 2.75) is 25.7 Å². The zero-order valence-electron chi connectivity index (χ0n) is 9.25. The number of aryl methyl sites for hydroxylation is 1. The Labute approximate surface area is 95.8 Å². The van der Waals surface area contributed by atoms with Gasteiger partial charge >= 0.3 is 0 Å². The number of benzene rings is 1. The molecule has 0 aromatic heterocycles. The molecule has 0 bridgehead atoms. The standard InChI is InChI=1S/C14H15NO/c15-8-2-1-3-11-4-5-13-10-14(16)7-6-12(13)9-11/h4-5,9H,2,6-8,10,15H2. The molecule has 0 atom stereocenters. The van der Waals surface area contributed by atoms with Crippen LogP contribution in [0.25, 0.3) is 0 Å². The summed E-state index contributed by atoms with van der Waals surface area (Å²) < 4.78 is 0. The molecule has 82 valence electrons. The summed E-state index contributed by atoms with van der Waals surface area (Å²) in [6, 6.07) is 6.12. The van der Waals surface area contributed by atoms with Crippen LogP contribution in [0.2, 0.25) is 0 Å². The molecule has 2 N–H and O–H groups in total. The molecule has 0 fully saturated rings. The summed E-state index contributed by atoms with van der Waals surface area (Å²) in [5.41, 5.74) is 8.85. The third kappa shape index (κ3) is 2.50. The lowest BCUT2D eigenvalue weighted by atomic mass is 9.90. The van der Waals surface area contributed by atoms with Crippen LogP contribution in [0.5, 0.6) is 0 Å². The molecule has 1 aromatic carbocycles. The van der Waals surface area contributed by atoms with E-state index < -0.39 is 0 Å². The molecule has 1 aliphatic carbocycles. The van der Waals surface area contributed by atoms with Gasteiger partial charge < -0.3 is 5.73 Å². The predicted octanol–water partition coefficient (Wildman–Crippen LogP) is 1.44. The van der Waals surface area contributed by atoms with Gasteiger partial charge in [0.05, 0.1) is 0 Å². The molecule has 0 spiro atoms. The first-order valence-corrected chi connectivity index (χ1v) is 5.62. The zero-order valence-corrected chi connectivity index (χ0v) is 9.25. The van der Waals surface area contributed by atoms with Gasteiger partial charge in [-0.1, -0.05) is 17.9 Å². The normalized spacial score (nSPS) is 13.9. The van der Waals surface area contributed by atoms with Crippen LogP contribution in [0.3, 0.4) is 0 Å². The van der Waals surface area contributed by atoms with Gasteiger partial charge in [-0.15, -0.1) is 0 Å². The van der Waals surface area contributed by atoms with Gasteiger partial charge in [0.15, 0.2) is 0 Å².